The average molecular weight is 470 g/mol. The number of ether oxygens (including phenoxy) is 1. The molecule has 182 valence electrons. The maximum Gasteiger partial charge on any atom is 0.172 e. The Kier molecular flexibility index (Phi) is 6.78. The van der Waals surface area contributed by atoms with Crippen molar-refractivity contribution >= 4 is 17.2 Å². The quantitative estimate of drug-likeness (QED) is 0.337. The molecule has 5 nitrogen and oxygen atoms in total. The molecule has 0 radical (unpaired) electrons. The first-order valence-electron chi connectivity index (χ1n) is 12.7. The predicted molar refractivity (Wildman–Crippen MR) is 142 cm³/mol. The molecule has 0 spiro atoms. The molecule has 3 aromatic carbocycles. The third-order valence-corrected chi connectivity index (χ3v) is 7.19. The first-order chi connectivity index (χ1) is 17.0. The van der Waals surface area contributed by atoms with E-state index < -0.39 is 0 Å². The molecule has 1 fully saturated rings. The fraction of sp³-hybridized carbons (Fsp3) is 0.367. The van der Waals surface area contributed by atoms with Crippen molar-refractivity contribution in [2.75, 3.05) is 30.7 Å². The summed E-state index contributed by atoms with van der Waals surface area (Å²) in [5.41, 5.74) is 11.9. The van der Waals surface area contributed by atoms with Gasteiger partial charge in [-0.25, -0.2) is 0 Å². The Morgan fingerprint density at radius 2 is 1.83 bits per heavy atom. The van der Waals surface area contributed by atoms with Crippen LogP contribution in [0.4, 0.5) is 11.4 Å². The lowest BCUT2D eigenvalue weighted by molar-refractivity contribution is 0.0966. The number of nitrogen functional groups attached to an aromatic ring is 1. The summed E-state index contributed by atoms with van der Waals surface area (Å²) in [6.45, 7) is 7.73. The van der Waals surface area contributed by atoms with Crippen molar-refractivity contribution in [3.8, 4) is 5.75 Å². The molecule has 0 saturated carbocycles. The molecule has 1 unspecified atom stereocenters. The number of anilines is 2. The Hall–Kier alpha value is -3.31. The van der Waals surface area contributed by atoms with E-state index in [0.717, 1.165) is 55.0 Å². The minimum atomic E-state index is -0.162. The lowest BCUT2D eigenvalue weighted by atomic mass is 9.88. The van der Waals surface area contributed by atoms with Crippen LogP contribution in [0.2, 0.25) is 0 Å². The van der Waals surface area contributed by atoms with E-state index in [2.05, 4.69) is 60.5 Å². The summed E-state index contributed by atoms with van der Waals surface area (Å²) in [7, 11) is 0. The number of likely N-dealkylation sites (tertiary alicyclic amines) is 1. The standard InChI is InChI=1S/C30H35N3O2/c1-20(2)35-29-9-4-3-8-25(29)22-12-14-33(15-13-22)19-21-6-5-7-23(16-21)30(34)27-18-32-28-17-24(31)10-11-26(27)28/h3-11,16-17,20,22,27,32H,12-15,18-19,31H2,1-2H3. The summed E-state index contributed by atoms with van der Waals surface area (Å²) in [5, 5.41) is 3.34. The lowest BCUT2D eigenvalue weighted by Gasteiger charge is -2.33. The van der Waals surface area contributed by atoms with Crippen LogP contribution in [0.3, 0.4) is 0 Å². The number of nitrogens with one attached hydrogen (secondary N) is 1. The zero-order valence-corrected chi connectivity index (χ0v) is 20.7. The zero-order valence-electron chi connectivity index (χ0n) is 20.7. The van der Waals surface area contributed by atoms with E-state index >= 15 is 0 Å². The molecule has 0 aromatic heterocycles. The van der Waals surface area contributed by atoms with Crippen LogP contribution in [0.15, 0.2) is 66.7 Å². The van der Waals surface area contributed by atoms with Crippen LogP contribution in [-0.2, 0) is 6.54 Å². The normalized spacial score (nSPS) is 18.3. The molecule has 1 saturated heterocycles. The summed E-state index contributed by atoms with van der Waals surface area (Å²) in [6.07, 6.45) is 2.41. The summed E-state index contributed by atoms with van der Waals surface area (Å²) in [6, 6.07) is 22.4. The third kappa shape index (κ3) is 5.20. The number of carbonyl (C=O) groups is 1. The second kappa shape index (κ2) is 10.1. The van der Waals surface area contributed by atoms with Crippen molar-refractivity contribution in [2.45, 2.75) is 51.2 Å². The average Bonchev–Trinajstić information content (AvgIpc) is 3.27. The second-order valence-electron chi connectivity index (χ2n) is 10.1. The maximum absolute atomic E-state index is 13.4. The van der Waals surface area contributed by atoms with E-state index in [0.29, 0.717) is 18.2 Å². The van der Waals surface area contributed by atoms with Crippen molar-refractivity contribution in [3.05, 3.63) is 89.0 Å². The molecule has 0 amide bonds. The Bertz CT molecular complexity index is 1200. The van der Waals surface area contributed by atoms with Crippen molar-refractivity contribution in [3.63, 3.8) is 0 Å². The van der Waals surface area contributed by atoms with E-state index in [4.69, 9.17) is 10.5 Å². The van der Waals surface area contributed by atoms with Gasteiger partial charge in [0.2, 0.25) is 0 Å². The Morgan fingerprint density at radius 1 is 1.03 bits per heavy atom. The van der Waals surface area contributed by atoms with Crippen LogP contribution in [0, 0.1) is 0 Å². The van der Waals surface area contributed by atoms with Crippen LogP contribution < -0.4 is 15.8 Å². The van der Waals surface area contributed by atoms with Gasteiger partial charge in [0.15, 0.2) is 5.78 Å². The van der Waals surface area contributed by atoms with Gasteiger partial charge in [-0.05, 0) is 86.7 Å². The highest BCUT2D eigenvalue weighted by molar-refractivity contribution is 6.03. The summed E-state index contributed by atoms with van der Waals surface area (Å²) >= 11 is 0. The largest absolute Gasteiger partial charge is 0.491 e. The number of Topliss-reactive ketones (excluding diaryl/α,β-unsaturated/α-hetero) is 1. The van der Waals surface area contributed by atoms with E-state index in [1.165, 1.54) is 11.1 Å². The van der Waals surface area contributed by atoms with Crippen molar-refractivity contribution in [2.24, 2.45) is 0 Å². The first kappa shape index (κ1) is 23.4. The van der Waals surface area contributed by atoms with Gasteiger partial charge in [-0.2, -0.15) is 0 Å². The van der Waals surface area contributed by atoms with Gasteiger partial charge in [0.25, 0.3) is 0 Å². The SMILES string of the molecule is CC(C)Oc1ccccc1C1CCN(Cc2cccc(C(=O)C3CNc4cc(N)ccc43)c2)CC1. The molecule has 3 aromatic rings. The number of benzene rings is 3. The monoisotopic (exact) mass is 469 g/mol. The number of para-hydroxylation sites is 1. The number of rotatable bonds is 7. The molecule has 1 atom stereocenters. The molecule has 3 N–H and O–H groups in total. The van der Waals surface area contributed by atoms with Crippen molar-refractivity contribution < 1.29 is 9.53 Å². The molecule has 5 rings (SSSR count). The first-order valence-corrected chi connectivity index (χ1v) is 12.7. The number of hydrogen-bond donors (Lipinski definition) is 2. The van der Waals surface area contributed by atoms with Gasteiger partial charge < -0.3 is 15.8 Å². The summed E-state index contributed by atoms with van der Waals surface area (Å²) < 4.78 is 6.07. The zero-order chi connectivity index (χ0) is 24.4. The summed E-state index contributed by atoms with van der Waals surface area (Å²) in [4.78, 5) is 15.9. The van der Waals surface area contributed by atoms with Gasteiger partial charge in [-0.15, -0.1) is 0 Å². The van der Waals surface area contributed by atoms with Crippen LogP contribution in [0.5, 0.6) is 5.75 Å². The summed E-state index contributed by atoms with van der Waals surface area (Å²) in [5.74, 6) is 1.56. The van der Waals surface area contributed by atoms with Gasteiger partial charge in [0.05, 0.1) is 12.0 Å². The van der Waals surface area contributed by atoms with E-state index in [1.54, 1.807) is 0 Å². The number of fused-ring (bicyclic) bond motifs is 1. The number of hydrogen-bond acceptors (Lipinski definition) is 5. The van der Waals surface area contributed by atoms with Gasteiger partial charge in [0.1, 0.15) is 5.75 Å². The van der Waals surface area contributed by atoms with E-state index in [1.807, 2.05) is 30.3 Å². The van der Waals surface area contributed by atoms with Crippen molar-refractivity contribution in [1.82, 2.24) is 4.90 Å². The fourth-order valence-corrected chi connectivity index (χ4v) is 5.45. The molecule has 2 heterocycles. The number of ketones is 1. The maximum atomic E-state index is 13.4. The molecule has 2 aliphatic heterocycles. The molecular weight excluding hydrogens is 434 g/mol. The van der Waals surface area contributed by atoms with Gasteiger partial charge in [-0.1, -0.05) is 42.5 Å². The molecular formula is C30H35N3O2. The van der Waals surface area contributed by atoms with Crippen LogP contribution in [0.1, 0.15) is 65.6 Å². The minimum Gasteiger partial charge on any atom is -0.491 e. The predicted octanol–water partition coefficient (Wildman–Crippen LogP) is 5.83. The number of piperidine rings is 1. The molecule has 35 heavy (non-hydrogen) atoms. The lowest BCUT2D eigenvalue weighted by Crippen LogP contribution is -2.32. The molecule has 2 aliphatic rings. The number of carbonyl (C=O) groups excluding carboxylic acids is 1. The molecule has 0 bridgehead atoms. The van der Waals surface area contributed by atoms with Crippen LogP contribution in [0.25, 0.3) is 0 Å². The topological polar surface area (TPSA) is 67.6 Å². The second-order valence-corrected chi connectivity index (χ2v) is 10.1. The highest BCUT2D eigenvalue weighted by Crippen LogP contribution is 2.36. The third-order valence-electron chi connectivity index (χ3n) is 7.19. The molecule has 5 heteroatoms. The highest BCUT2D eigenvalue weighted by Gasteiger charge is 2.29. The Balaban J connectivity index is 1.22. The smallest absolute Gasteiger partial charge is 0.172 e. The van der Waals surface area contributed by atoms with Crippen LogP contribution in [-0.4, -0.2) is 36.4 Å². The van der Waals surface area contributed by atoms with E-state index in [-0.39, 0.29) is 17.8 Å². The Labute approximate surface area is 208 Å². The molecule has 0 aliphatic carbocycles. The van der Waals surface area contributed by atoms with E-state index in [9.17, 15) is 4.79 Å². The fourth-order valence-electron chi connectivity index (χ4n) is 5.45. The van der Waals surface area contributed by atoms with Gasteiger partial charge >= 0.3 is 0 Å². The van der Waals surface area contributed by atoms with Crippen molar-refractivity contribution in [1.29, 1.82) is 0 Å². The van der Waals surface area contributed by atoms with Gasteiger partial charge in [-0.3, -0.25) is 9.69 Å². The van der Waals surface area contributed by atoms with Gasteiger partial charge in [0, 0.05) is 30.0 Å². The van der Waals surface area contributed by atoms with Crippen LogP contribution >= 0.6 is 0 Å². The Morgan fingerprint density at radius 3 is 2.63 bits per heavy atom. The highest BCUT2D eigenvalue weighted by atomic mass is 16.5. The number of nitrogens with zero attached hydrogens (tertiary/aromatic N) is 1. The number of nitrogens with two attached hydrogens (primary N) is 1. The minimum absolute atomic E-state index is 0.162.